The van der Waals surface area contributed by atoms with Gasteiger partial charge in [-0.15, -0.1) is 11.3 Å². The molecular weight excluding hydrogens is 308 g/mol. The maximum absolute atomic E-state index is 12.3. The molecule has 0 amide bonds. The first-order chi connectivity index (χ1) is 9.83. The number of sulfonamides is 1. The maximum Gasteiger partial charge on any atom is 0.264 e. The number of anilines is 2. The number of nitrogens with two attached hydrogens (primary N) is 1. The minimum absolute atomic E-state index is 0.00291. The van der Waals surface area contributed by atoms with Gasteiger partial charge in [-0.1, -0.05) is 13.8 Å². The molecule has 2 aromatic rings. The highest BCUT2D eigenvalue weighted by Gasteiger charge is 2.20. The topological polar surface area (TPSA) is 109 Å². The zero-order valence-corrected chi connectivity index (χ0v) is 13.1. The van der Waals surface area contributed by atoms with Gasteiger partial charge in [0.15, 0.2) is 5.13 Å². The summed E-state index contributed by atoms with van der Waals surface area (Å²) < 4.78 is 27.1. The van der Waals surface area contributed by atoms with Gasteiger partial charge in [0.2, 0.25) is 0 Å². The van der Waals surface area contributed by atoms with Crippen LogP contribution >= 0.6 is 11.3 Å². The lowest BCUT2D eigenvalue weighted by Crippen LogP contribution is -2.14. The average Bonchev–Trinajstić information content (AvgIpc) is 2.86. The number of nitrogens with zero attached hydrogens (tertiary/aromatic N) is 2. The van der Waals surface area contributed by atoms with Crippen molar-refractivity contribution in [3.8, 4) is 6.07 Å². The largest absolute Gasteiger partial charge is 0.399 e. The average molecular weight is 322 g/mol. The van der Waals surface area contributed by atoms with Crippen molar-refractivity contribution in [2.45, 2.75) is 24.7 Å². The SMILES string of the molecule is CC(C)c1csc(NS(=O)(=O)c2ccc(N)cc2C#N)n1. The number of nitrogen functional groups attached to an aromatic ring is 1. The molecule has 1 aromatic heterocycles. The van der Waals surface area contributed by atoms with E-state index in [4.69, 9.17) is 11.0 Å². The zero-order valence-electron chi connectivity index (χ0n) is 11.5. The summed E-state index contributed by atoms with van der Waals surface area (Å²) >= 11 is 1.21. The molecule has 0 unspecified atom stereocenters. The third-order valence-electron chi connectivity index (χ3n) is 2.75. The Labute approximate surface area is 127 Å². The molecule has 0 aliphatic rings. The van der Waals surface area contributed by atoms with Gasteiger partial charge in [-0.25, -0.2) is 13.4 Å². The van der Waals surface area contributed by atoms with E-state index < -0.39 is 10.0 Å². The molecule has 6 nitrogen and oxygen atoms in total. The zero-order chi connectivity index (χ0) is 15.6. The number of thiazole rings is 1. The second kappa shape index (κ2) is 5.71. The van der Waals surface area contributed by atoms with E-state index in [0.29, 0.717) is 5.69 Å². The van der Waals surface area contributed by atoms with E-state index in [0.717, 1.165) is 5.69 Å². The normalized spacial score (nSPS) is 11.3. The van der Waals surface area contributed by atoms with Crippen LogP contribution in [0.25, 0.3) is 0 Å². The van der Waals surface area contributed by atoms with Crippen molar-refractivity contribution in [1.29, 1.82) is 5.26 Å². The Kier molecular flexibility index (Phi) is 4.16. The first-order valence-electron chi connectivity index (χ1n) is 6.11. The molecule has 1 heterocycles. The van der Waals surface area contributed by atoms with Crippen LogP contribution in [-0.4, -0.2) is 13.4 Å². The highest BCUT2D eigenvalue weighted by Crippen LogP contribution is 2.25. The fraction of sp³-hybridized carbons (Fsp3) is 0.231. The van der Waals surface area contributed by atoms with E-state index in [2.05, 4.69) is 9.71 Å². The van der Waals surface area contributed by atoms with Crippen molar-refractivity contribution in [2.75, 3.05) is 10.5 Å². The molecule has 0 aliphatic carbocycles. The fourth-order valence-electron chi connectivity index (χ4n) is 1.64. The summed E-state index contributed by atoms with van der Waals surface area (Å²) in [4.78, 5) is 4.10. The minimum Gasteiger partial charge on any atom is -0.399 e. The van der Waals surface area contributed by atoms with Gasteiger partial charge in [-0.05, 0) is 24.1 Å². The number of nitrogens with one attached hydrogen (secondary N) is 1. The van der Waals surface area contributed by atoms with Gasteiger partial charge >= 0.3 is 0 Å². The number of nitriles is 1. The van der Waals surface area contributed by atoms with E-state index in [1.54, 1.807) is 5.38 Å². The Morgan fingerprint density at radius 2 is 2.14 bits per heavy atom. The molecule has 0 saturated carbocycles. The Morgan fingerprint density at radius 3 is 2.71 bits per heavy atom. The number of benzene rings is 1. The van der Waals surface area contributed by atoms with Crippen LogP contribution in [0.3, 0.4) is 0 Å². The molecule has 1 aromatic carbocycles. The van der Waals surface area contributed by atoms with Crippen LogP contribution in [-0.2, 0) is 10.0 Å². The van der Waals surface area contributed by atoms with Crippen LogP contribution in [0.4, 0.5) is 10.8 Å². The van der Waals surface area contributed by atoms with Gasteiger partial charge in [0.05, 0.1) is 11.3 Å². The summed E-state index contributed by atoms with van der Waals surface area (Å²) in [5.41, 5.74) is 6.71. The van der Waals surface area contributed by atoms with Crippen molar-refractivity contribution in [2.24, 2.45) is 0 Å². The minimum atomic E-state index is -3.87. The highest BCUT2D eigenvalue weighted by atomic mass is 32.2. The molecule has 0 saturated heterocycles. The molecule has 110 valence electrons. The molecule has 0 atom stereocenters. The number of aromatic nitrogens is 1. The van der Waals surface area contributed by atoms with Gasteiger partial charge in [0, 0.05) is 11.1 Å². The number of hydrogen-bond donors (Lipinski definition) is 2. The van der Waals surface area contributed by atoms with Gasteiger partial charge in [0.1, 0.15) is 11.0 Å². The summed E-state index contributed by atoms with van der Waals surface area (Å²) in [6.07, 6.45) is 0. The van der Waals surface area contributed by atoms with Gasteiger partial charge in [-0.2, -0.15) is 5.26 Å². The van der Waals surface area contributed by atoms with Crippen molar-refractivity contribution in [1.82, 2.24) is 4.98 Å². The Hall–Kier alpha value is -2.11. The Bertz CT molecular complexity index is 804. The predicted octanol–water partition coefficient (Wildman–Crippen LogP) is 2.52. The third-order valence-corrected chi connectivity index (χ3v) is 5.05. The lowest BCUT2D eigenvalue weighted by atomic mass is 10.2. The van der Waals surface area contributed by atoms with Crippen LogP contribution in [0.15, 0.2) is 28.5 Å². The van der Waals surface area contributed by atoms with E-state index in [9.17, 15) is 8.42 Å². The highest BCUT2D eigenvalue weighted by molar-refractivity contribution is 7.93. The second-order valence-electron chi connectivity index (χ2n) is 4.71. The first-order valence-corrected chi connectivity index (χ1v) is 8.47. The molecule has 0 radical (unpaired) electrons. The smallest absolute Gasteiger partial charge is 0.264 e. The molecule has 0 spiro atoms. The summed E-state index contributed by atoms with van der Waals surface area (Å²) in [5.74, 6) is 0.214. The van der Waals surface area contributed by atoms with Crippen molar-refractivity contribution in [3.05, 3.63) is 34.8 Å². The summed E-state index contributed by atoms with van der Waals surface area (Å²) in [6, 6.07) is 5.92. The molecule has 2 rings (SSSR count). The van der Waals surface area contributed by atoms with Crippen LogP contribution in [0.5, 0.6) is 0 Å². The number of hydrogen-bond acceptors (Lipinski definition) is 6. The van der Waals surface area contributed by atoms with Crippen LogP contribution in [0, 0.1) is 11.3 Å². The predicted molar refractivity (Wildman–Crippen MR) is 82.6 cm³/mol. The molecular formula is C13H14N4O2S2. The van der Waals surface area contributed by atoms with E-state index in [1.165, 1.54) is 29.5 Å². The van der Waals surface area contributed by atoms with E-state index >= 15 is 0 Å². The fourth-order valence-corrected chi connectivity index (χ4v) is 3.90. The van der Waals surface area contributed by atoms with Crippen molar-refractivity contribution in [3.63, 3.8) is 0 Å². The Balaban J connectivity index is 2.36. The maximum atomic E-state index is 12.3. The van der Waals surface area contributed by atoms with Gasteiger partial charge < -0.3 is 5.73 Å². The van der Waals surface area contributed by atoms with E-state index in [1.807, 2.05) is 19.9 Å². The monoisotopic (exact) mass is 322 g/mol. The Morgan fingerprint density at radius 1 is 1.43 bits per heavy atom. The summed E-state index contributed by atoms with van der Waals surface area (Å²) in [6.45, 7) is 3.95. The number of rotatable bonds is 4. The molecule has 21 heavy (non-hydrogen) atoms. The van der Waals surface area contributed by atoms with Crippen LogP contribution in [0.2, 0.25) is 0 Å². The van der Waals surface area contributed by atoms with E-state index in [-0.39, 0.29) is 21.5 Å². The molecule has 0 fully saturated rings. The van der Waals surface area contributed by atoms with Crippen molar-refractivity contribution < 1.29 is 8.42 Å². The summed E-state index contributed by atoms with van der Waals surface area (Å²) in [5, 5.41) is 11.1. The molecule has 8 heteroatoms. The van der Waals surface area contributed by atoms with Crippen LogP contribution in [0.1, 0.15) is 31.0 Å². The molecule has 0 bridgehead atoms. The first kappa shape index (κ1) is 15.3. The quantitative estimate of drug-likeness (QED) is 0.841. The lowest BCUT2D eigenvalue weighted by Gasteiger charge is -2.07. The molecule has 3 N–H and O–H groups in total. The van der Waals surface area contributed by atoms with Crippen LogP contribution < -0.4 is 10.5 Å². The standard InChI is InChI=1S/C13H14N4O2S2/c1-8(2)11-7-20-13(16-11)17-21(18,19)12-4-3-10(15)5-9(12)6-14/h3-5,7-8H,15H2,1-2H3,(H,16,17). The summed E-state index contributed by atoms with van der Waals surface area (Å²) in [7, 11) is -3.87. The third kappa shape index (κ3) is 3.32. The van der Waals surface area contributed by atoms with Crippen molar-refractivity contribution >= 4 is 32.2 Å². The van der Waals surface area contributed by atoms with Gasteiger partial charge in [-0.3, -0.25) is 4.72 Å². The molecule has 0 aliphatic heterocycles. The second-order valence-corrected chi connectivity index (χ2v) is 7.21. The lowest BCUT2D eigenvalue weighted by molar-refractivity contribution is 0.601. The van der Waals surface area contributed by atoms with Gasteiger partial charge in [0.25, 0.3) is 10.0 Å².